The first-order valence-corrected chi connectivity index (χ1v) is 13.1. The SMILES string of the molecule is O=C(O)CC(c1ccc(-c2ccccc2)c(F)c1)N1CCC(CCCc2ccc3c(n2)NCCC3)C1=O. The Hall–Kier alpha value is -3.74. The van der Waals surface area contributed by atoms with Crippen LogP contribution in [-0.4, -0.2) is 40.0 Å². The molecule has 2 N–H and O–H groups in total. The number of carbonyl (C=O) groups is 2. The Kier molecular flexibility index (Phi) is 7.49. The van der Waals surface area contributed by atoms with Crippen molar-refractivity contribution in [3.63, 3.8) is 0 Å². The van der Waals surface area contributed by atoms with Crippen LogP contribution in [0.2, 0.25) is 0 Å². The third-order valence-corrected chi connectivity index (χ3v) is 7.50. The summed E-state index contributed by atoms with van der Waals surface area (Å²) in [5.74, 6) is -0.650. The van der Waals surface area contributed by atoms with Gasteiger partial charge >= 0.3 is 5.97 Å². The molecule has 1 aromatic heterocycles. The Labute approximate surface area is 216 Å². The predicted octanol–water partition coefficient (Wildman–Crippen LogP) is 5.63. The monoisotopic (exact) mass is 501 g/mol. The van der Waals surface area contributed by atoms with Gasteiger partial charge in [0, 0.05) is 30.3 Å². The Morgan fingerprint density at radius 3 is 2.78 bits per heavy atom. The number of carbonyl (C=O) groups excluding carboxylic acids is 1. The quantitative estimate of drug-likeness (QED) is 0.397. The van der Waals surface area contributed by atoms with E-state index >= 15 is 4.39 Å². The zero-order chi connectivity index (χ0) is 25.8. The molecule has 6 nitrogen and oxygen atoms in total. The molecule has 2 aromatic carbocycles. The molecule has 3 aromatic rings. The Balaban J connectivity index is 1.25. The number of nitrogens with zero attached hydrogens (tertiary/aromatic N) is 2. The van der Waals surface area contributed by atoms with Crippen LogP contribution in [0.4, 0.5) is 10.2 Å². The number of aliphatic carboxylic acids is 1. The van der Waals surface area contributed by atoms with Crippen molar-refractivity contribution in [2.75, 3.05) is 18.4 Å². The van der Waals surface area contributed by atoms with Crippen molar-refractivity contribution >= 4 is 17.7 Å². The summed E-state index contributed by atoms with van der Waals surface area (Å²) in [5, 5.41) is 12.9. The number of anilines is 1. The van der Waals surface area contributed by atoms with E-state index in [9.17, 15) is 14.7 Å². The van der Waals surface area contributed by atoms with Gasteiger partial charge in [-0.1, -0.05) is 48.5 Å². The van der Waals surface area contributed by atoms with Crippen molar-refractivity contribution < 1.29 is 19.1 Å². The maximum Gasteiger partial charge on any atom is 0.305 e. The van der Waals surface area contributed by atoms with Gasteiger partial charge in [0.15, 0.2) is 0 Å². The number of fused-ring (bicyclic) bond motifs is 1. The lowest BCUT2D eigenvalue weighted by molar-refractivity contribution is -0.140. The third-order valence-electron chi connectivity index (χ3n) is 7.50. The number of nitrogens with one attached hydrogen (secondary N) is 1. The van der Waals surface area contributed by atoms with Gasteiger partial charge < -0.3 is 15.3 Å². The molecule has 1 amide bonds. The number of rotatable bonds is 9. The molecule has 2 aliphatic rings. The highest BCUT2D eigenvalue weighted by Crippen LogP contribution is 2.35. The van der Waals surface area contributed by atoms with Crippen LogP contribution in [0.5, 0.6) is 0 Å². The van der Waals surface area contributed by atoms with E-state index in [0.717, 1.165) is 55.7 Å². The predicted molar refractivity (Wildman–Crippen MR) is 141 cm³/mol. The summed E-state index contributed by atoms with van der Waals surface area (Å²) in [4.78, 5) is 31.4. The largest absolute Gasteiger partial charge is 0.481 e. The first-order chi connectivity index (χ1) is 18.0. The van der Waals surface area contributed by atoms with Crippen molar-refractivity contribution in [3.8, 4) is 11.1 Å². The van der Waals surface area contributed by atoms with Crippen LogP contribution in [0, 0.1) is 11.7 Å². The van der Waals surface area contributed by atoms with Gasteiger partial charge in [0.05, 0.1) is 12.5 Å². The van der Waals surface area contributed by atoms with E-state index in [-0.39, 0.29) is 18.2 Å². The van der Waals surface area contributed by atoms with Crippen LogP contribution in [0.3, 0.4) is 0 Å². The van der Waals surface area contributed by atoms with E-state index in [4.69, 9.17) is 4.98 Å². The van der Waals surface area contributed by atoms with E-state index in [1.165, 1.54) is 11.6 Å². The van der Waals surface area contributed by atoms with Gasteiger partial charge in [0.2, 0.25) is 5.91 Å². The molecule has 0 aliphatic carbocycles. The second-order valence-corrected chi connectivity index (χ2v) is 9.97. The van der Waals surface area contributed by atoms with Gasteiger partial charge in [-0.2, -0.15) is 0 Å². The zero-order valence-corrected chi connectivity index (χ0v) is 20.8. The lowest BCUT2D eigenvalue weighted by atomic mass is 9.97. The smallest absolute Gasteiger partial charge is 0.305 e. The van der Waals surface area contributed by atoms with Crippen molar-refractivity contribution in [1.82, 2.24) is 9.88 Å². The first-order valence-electron chi connectivity index (χ1n) is 13.1. The molecule has 192 valence electrons. The lowest BCUT2D eigenvalue weighted by Crippen LogP contribution is -2.33. The molecule has 1 fully saturated rings. The Bertz CT molecular complexity index is 1280. The minimum Gasteiger partial charge on any atom is -0.481 e. The second-order valence-electron chi connectivity index (χ2n) is 9.97. The van der Waals surface area contributed by atoms with Gasteiger partial charge in [-0.05, 0) is 67.3 Å². The first kappa shape index (κ1) is 24.9. The molecular weight excluding hydrogens is 469 g/mol. The van der Waals surface area contributed by atoms with Crippen LogP contribution < -0.4 is 5.32 Å². The normalized spacial score (nSPS) is 17.8. The molecule has 5 rings (SSSR count). The van der Waals surface area contributed by atoms with E-state index in [1.54, 1.807) is 17.0 Å². The Morgan fingerprint density at radius 2 is 2.00 bits per heavy atom. The van der Waals surface area contributed by atoms with Gasteiger partial charge in [0.1, 0.15) is 11.6 Å². The highest BCUT2D eigenvalue weighted by Gasteiger charge is 2.37. The standard InChI is InChI=1S/C30H32FN3O3/c31-26-18-23(12-14-25(26)20-6-2-1-3-7-20)27(19-28(35)36)34-17-15-22(30(34)37)8-4-10-24-13-11-21-9-5-16-32-29(21)33-24/h1-3,6-7,11-14,18,22,27H,4-5,8-10,15-17,19H2,(H,32,33)(H,35,36). The number of benzene rings is 2. The second kappa shape index (κ2) is 11.1. The molecule has 0 bridgehead atoms. The molecule has 0 saturated carbocycles. The number of likely N-dealkylation sites (tertiary alicyclic amines) is 1. The summed E-state index contributed by atoms with van der Waals surface area (Å²) in [7, 11) is 0. The molecule has 2 atom stereocenters. The topological polar surface area (TPSA) is 82.5 Å². The number of aromatic nitrogens is 1. The molecular formula is C30H32FN3O3. The highest BCUT2D eigenvalue weighted by molar-refractivity contribution is 5.82. The van der Waals surface area contributed by atoms with Crippen molar-refractivity contribution in [1.29, 1.82) is 0 Å². The van der Waals surface area contributed by atoms with Gasteiger partial charge in [-0.15, -0.1) is 0 Å². The molecule has 2 unspecified atom stereocenters. The van der Waals surface area contributed by atoms with Gasteiger partial charge in [-0.3, -0.25) is 9.59 Å². The molecule has 1 saturated heterocycles. The average Bonchev–Trinajstić information content (AvgIpc) is 3.27. The van der Waals surface area contributed by atoms with Crippen LogP contribution in [0.15, 0.2) is 60.7 Å². The number of carboxylic acid groups (broad SMARTS) is 1. The van der Waals surface area contributed by atoms with Crippen molar-refractivity contribution in [2.24, 2.45) is 5.92 Å². The number of carboxylic acids is 1. The molecule has 37 heavy (non-hydrogen) atoms. The lowest BCUT2D eigenvalue weighted by Gasteiger charge is -2.28. The fraction of sp³-hybridized carbons (Fsp3) is 0.367. The minimum absolute atomic E-state index is 0.0427. The van der Waals surface area contributed by atoms with E-state index in [0.29, 0.717) is 24.1 Å². The zero-order valence-electron chi connectivity index (χ0n) is 20.8. The number of aryl methyl sites for hydroxylation is 2. The van der Waals surface area contributed by atoms with Crippen LogP contribution in [0.25, 0.3) is 11.1 Å². The fourth-order valence-corrected chi connectivity index (χ4v) is 5.54. The Morgan fingerprint density at radius 1 is 1.16 bits per heavy atom. The molecule has 2 aliphatic heterocycles. The summed E-state index contributed by atoms with van der Waals surface area (Å²) < 4.78 is 15.1. The number of pyridine rings is 1. The molecule has 7 heteroatoms. The maximum atomic E-state index is 15.1. The highest BCUT2D eigenvalue weighted by atomic mass is 19.1. The molecule has 0 radical (unpaired) electrons. The average molecular weight is 502 g/mol. The van der Waals surface area contributed by atoms with Gasteiger partial charge in [0.25, 0.3) is 0 Å². The molecule has 0 spiro atoms. The number of hydrogen-bond acceptors (Lipinski definition) is 4. The summed E-state index contributed by atoms with van der Waals surface area (Å²) in [5.41, 5.74) is 4.00. The van der Waals surface area contributed by atoms with E-state index in [2.05, 4.69) is 17.4 Å². The number of amides is 1. The summed E-state index contributed by atoms with van der Waals surface area (Å²) in [6.45, 7) is 1.43. The van der Waals surface area contributed by atoms with Gasteiger partial charge in [-0.25, -0.2) is 9.37 Å². The minimum atomic E-state index is -1.01. The van der Waals surface area contributed by atoms with Crippen molar-refractivity contribution in [3.05, 3.63) is 83.3 Å². The summed E-state index contributed by atoms with van der Waals surface area (Å²) in [6.07, 6.45) is 4.96. The van der Waals surface area contributed by atoms with Crippen LogP contribution in [0.1, 0.15) is 55.0 Å². The third kappa shape index (κ3) is 5.66. The van der Waals surface area contributed by atoms with Crippen molar-refractivity contribution in [2.45, 2.75) is 51.0 Å². The van der Waals surface area contributed by atoms with E-state index in [1.807, 2.05) is 30.3 Å². The number of hydrogen-bond donors (Lipinski definition) is 2. The number of halogens is 1. The summed E-state index contributed by atoms with van der Waals surface area (Å²) >= 11 is 0. The fourth-order valence-electron chi connectivity index (χ4n) is 5.54. The maximum absolute atomic E-state index is 15.1. The molecule has 3 heterocycles. The van der Waals surface area contributed by atoms with Crippen LogP contribution >= 0.6 is 0 Å². The van der Waals surface area contributed by atoms with Crippen LogP contribution in [-0.2, 0) is 22.4 Å². The summed E-state index contributed by atoms with van der Waals surface area (Å²) in [6, 6.07) is 17.5. The van der Waals surface area contributed by atoms with E-state index < -0.39 is 17.8 Å².